The molecular formula is C24H33ClN4O2. The Kier molecular flexibility index (Phi) is 5.63. The first kappa shape index (κ1) is 21.1. The lowest BCUT2D eigenvalue weighted by Crippen LogP contribution is -2.63. The smallest absolute Gasteiger partial charge is 0.321 e. The molecule has 5 aliphatic rings. The molecule has 1 heterocycles. The number of nitrogens with one attached hydrogen (secondary N) is 2. The number of carbonyl (C=O) groups is 2. The molecule has 6 nitrogen and oxygen atoms in total. The number of benzene rings is 1. The lowest BCUT2D eigenvalue weighted by molar-refractivity contribution is -0.125. The van der Waals surface area contributed by atoms with Crippen LogP contribution in [-0.2, 0) is 4.79 Å². The van der Waals surface area contributed by atoms with Gasteiger partial charge in [-0.2, -0.15) is 0 Å². The summed E-state index contributed by atoms with van der Waals surface area (Å²) in [6.07, 6.45) is 7.25. The summed E-state index contributed by atoms with van der Waals surface area (Å²) in [4.78, 5) is 29.9. The largest absolute Gasteiger partial charge is 0.369 e. The normalized spacial score (nSPS) is 33.2. The molecule has 1 unspecified atom stereocenters. The standard InChI is InChI=1S/C24H33ClN4O2/c1-16(28-5-7-29(8-6-28)21-4-2-3-20(25)12-21)22(30)26-23(31)27-24-13-17-9-18(14-24)11-19(10-17)15-24/h2-4,12,16-19H,5-11,13-15H2,1H3,(H2,26,27,30,31). The SMILES string of the molecule is CC(C(=O)NC(=O)NC12CC3CC(CC(C3)C1)C2)N1CCN(c2cccc(Cl)c2)CC1. The van der Waals surface area contributed by atoms with Crippen LogP contribution in [0, 0.1) is 17.8 Å². The fourth-order valence-electron chi connectivity index (χ4n) is 6.96. The third-order valence-electron chi connectivity index (χ3n) is 8.07. The molecule has 1 saturated heterocycles. The van der Waals surface area contributed by atoms with E-state index in [0.29, 0.717) is 0 Å². The molecule has 4 bridgehead atoms. The molecule has 5 fully saturated rings. The lowest BCUT2D eigenvalue weighted by Gasteiger charge is -2.56. The number of hydrogen-bond acceptors (Lipinski definition) is 4. The van der Waals surface area contributed by atoms with Crippen molar-refractivity contribution in [3.8, 4) is 0 Å². The molecule has 31 heavy (non-hydrogen) atoms. The van der Waals surface area contributed by atoms with E-state index in [1.54, 1.807) is 0 Å². The molecule has 1 aromatic carbocycles. The van der Waals surface area contributed by atoms with E-state index in [1.165, 1.54) is 19.3 Å². The fourth-order valence-corrected chi connectivity index (χ4v) is 7.14. The van der Waals surface area contributed by atoms with Crippen LogP contribution in [0.15, 0.2) is 24.3 Å². The van der Waals surface area contributed by atoms with Crippen LogP contribution in [-0.4, -0.2) is 54.6 Å². The number of nitrogens with zero attached hydrogens (tertiary/aromatic N) is 2. The van der Waals surface area contributed by atoms with Crippen molar-refractivity contribution in [1.29, 1.82) is 0 Å². The van der Waals surface area contributed by atoms with Crippen LogP contribution < -0.4 is 15.5 Å². The highest BCUT2D eigenvalue weighted by Crippen LogP contribution is 2.55. The van der Waals surface area contributed by atoms with Gasteiger partial charge in [-0.3, -0.25) is 15.0 Å². The first-order valence-corrected chi connectivity index (χ1v) is 12.1. The number of rotatable bonds is 4. The van der Waals surface area contributed by atoms with E-state index in [0.717, 1.165) is 73.9 Å². The van der Waals surface area contributed by atoms with Crippen molar-refractivity contribution in [2.45, 2.75) is 57.0 Å². The summed E-state index contributed by atoms with van der Waals surface area (Å²) in [6.45, 7) is 5.10. The maximum atomic E-state index is 12.8. The van der Waals surface area contributed by atoms with Crippen LogP contribution in [0.4, 0.5) is 10.5 Å². The predicted octanol–water partition coefficient (Wildman–Crippen LogP) is 3.65. The maximum Gasteiger partial charge on any atom is 0.321 e. The molecule has 3 amide bonds. The van der Waals surface area contributed by atoms with Crippen molar-refractivity contribution in [2.75, 3.05) is 31.1 Å². The van der Waals surface area contributed by atoms with Crippen LogP contribution >= 0.6 is 11.6 Å². The lowest BCUT2D eigenvalue weighted by atomic mass is 9.53. The average molecular weight is 445 g/mol. The van der Waals surface area contributed by atoms with Gasteiger partial charge in [0, 0.05) is 42.4 Å². The third kappa shape index (κ3) is 4.42. The van der Waals surface area contributed by atoms with E-state index in [1.807, 2.05) is 25.1 Å². The highest BCUT2D eigenvalue weighted by atomic mass is 35.5. The maximum absolute atomic E-state index is 12.8. The van der Waals surface area contributed by atoms with Gasteiger partial charge in [-0.05, 0) is 81.4 Å². The van der Waals surface area contributed by atoms with E-state index < -0.39 is 0 Å². The van der Waals surface area contributed by atoms with Crippen LogP contribution in [0.2, 0.25) is 5.02 Å². The summed E-state index contributed by atoms with van der Waals surface area (Å²) in [5, 5.41) is 6.61. The van der Waals surface area contributed by atoms with Gasteiger partial charge in [-0.15, -0.1) is 0 Å². The number of imide groups is 1. The van der Waals surface area contributed by atoms with Gasteiger partial charge in [-0.25, -0.2) is 4.79 Å². The topological polar surface area (TPSA) is 64.7 Å². The first-order valence-electron chi connectivity index (χ1n) is 11.8. The molecule has 2 N–H and O–H groups in total. The minimum absolute atomic E-state index is 0.0784. The number of urea groups is 1. The van der Waals surface area contributed by atoms with Crippen LogP contribution in [0.25, 0.3) is 0 Å². The molecule has 1 aliphatic heterocycles. The minimum atomic E-state index is -0.330. The Morgan fingerprint density at radius 1 is 1.03 bits per heavy atom. The predicted molar refractivity (Wildman–Crippen MR) is 122 cm³/mol. The zero-order chi connectivity index (χ0) is 21.6. The van der Waals surface area contributed by atoms with Crippen molar-refractivity contribution >= 4 is 29.2 Å². The Balaban J connectivity index is 1.12. The summed E-state index contributed by atoms with van der Waals surface area (Å²) in [5.41, 5.74) is 1.03. The van der Waals surface area contributed by atoms with Gasteiger partial charge in [0.1, 0.15) is 0 Å². The molecular weight excluding hydrogens is 412 g/mol. The Bertz CT molecular complexity index is 816. The monoisotopic (exact) mass is 444 g/mol. The number of hydrogen-bond donors (Lipinski definition) is 2. The van der Waals surface area contributed by atoms with E-state index in [2.05, 4.69) is 26.5 Å². The molecule has 1 aromatic rings. The number of anilines is 1. The second-order valence-electron chi connectivity index (χ2n) is 10.3. The summed E-state index contributed by atoms with van der Waals surface area (Å²) in [5.74, 6) is 2.07. The van der Waals surface area contributed by atoms with Gasteiger partial charge in [0.15, 0.2) is 0 Å². The van der Waals surface area contributed by atoms with E-state index in [-0.39, 0.29) is 23.5 Å². The van der Waals surface area contributed by atoms with Crippen molar-refractivity contribution in [3.05, 3.63) is 29.3 Å². The summed E-state index contributed by atoms with van der Waals surface area (Å²) >= 11 is 6.12. The minimum Gasteiger partial charge on any atom is -0.369 e. The molecule has 4 saturated carbocycles. The summed E-state index contributed by atoms with van der Waals surface area (Å²) in [7, 11) is 0. The highest BCUT2D eigenvalue weighted by Gasteiger charge is 2.51. The Morgan fingerprint density at radius 2 is 1.65 bits per heavy atom. The van der Waals surface area contributed by atoms with Crippen molar-refractivity contribution in [3.63, 3.8) is 0 Å². The second kappa shape index (κ2) is 8.28. The molecule has 1 atom stereocenters. The molecule has 0 aromatic heterocycles. The average Bonchev–Trinajstić information content (AvgIpc) is 2.72. The van der Waals surface area contributed by atoms with Crippen molar-refractivity contribution in [1.82, 2.24) is 15.5 Å². The van der Waals surface area contributed by atoms with Crippen LogP contribution in [0.1, 0.15) is 45.4 Å². The Labute approximate surface area is 189 Å². The number of halogens is 1. The van der Waals surface area contributed by atoms with E-state index >= 15 is 0 Å². The number of amides is 3. The van der Waals surface area contributed by atoms with E-state index in [4.69, 9.17) is 11.6 Å². The quantitative estimate of drug-likeness (QED) is 0.744. The summed E-state index contributed by atoms with van der Waals surface area (Å²) in [6, 6.07) is 7.24. The van der Waals surface area contributed by atoms with E-state index in [9.17, 15) is 9.59 Å². The Morgan fingerprint density at radius 3 is 2.23 bits per heavy atom. The molecule has 168 valence electrons. The van der Waals surface area contributed by atoms with Gasteiger partial charge in [0.2, 0.25) is 5.91 Å². The third-order valence-corrected chi connectivity index (χ3v) is 8.30. The molecule has 6 rings (SSSR count). The van der Waals surface area contributed by atoms with Crippen LogP contribution in [0.3, 0.4) is 0 Å². The van der Waals surface area contributed by atoms with Crippen molar-refractivity contribution in [2.24, 2.45) is 17.8 Å². The molecule has 0 spiro atoms. The molecule has 4 aliphatic carbocycles. The van der Waals surface area contributed by atoms with Crippen molar-refractivity contribution < 1.29 is 9.59 Å². The number of carbonyl (C=O) groups excluding carboxylic acids is 2. The summed E-state index contributed by atoms with van der Waals surface area (Å²) < 4.78 is 0. The van der Waals surface area contributed by atoms with Crippen LogP contribution in [0.5, 0.6) is 0 Å². The Hall–Kier alpha value is -1.79. The second-order valence-corrected chi connectivity index (χ2v) is 10.8. The van der Waals surface area contributed by atoms with Gasteiger partial charge in [0.05, 0.1) is 6.04 Å². The van der Waals surface area contributed by atoms with Gasteiger partial charge < -0.3 is 10.2 Å². The van der Waals surface area contributed by atoms with Gasteiger partial charge >= 0.3 is 6.03 Å². The zero-order valence-electron chi connectivity index (χ0n) is 18.3. The number of piperazine rings is 1. The highest BCUT2D eigenvalue weighted by molar-refractivity contribution is 6.30. The zero-order valence-corrected chi connectivity index (χ0v) is 19.0. The molecule has 0 radical (unpaired) electrons. The fraction of sp³-hybridized carbons (Fsp3) is 0.667. The first-order chi connectivity index (χ1) is 14.9. The van der Waals surface area contributed by atoms with Gasteiger partial charge in [-0.1, -0.05) is 17.7 Å². The van der Waals surface area contributed by atoms with Gasteiger partial charge in [0.25, 0.3) is 0 Å². The molecule has 7 heteroatoms.